The van der Waals surface area contributed by atoms with Crippen LogP contribution in [-0.2, 0) is 22.7 Å². The first-order valence-electron chi connectivity index (χ1n) is 9.76. The second-order valence-electron chi connectivity index (χ2n) is 7.76. The van der Waals surface area contributed by atoms with Crippen LogP contribution >= 0.6 is 0 Å². The number of carbonyl (C=O) groups is 3. The van der Waals surface area contributed by atoms with E-state index in [2.05, 4.69) is 28.9 Å². The normalized spacial score (nSPS) is 26.3. The molecule has 1 aromatic carbocycles. The van der Waals surface area contributed by atoms with Crippen molar-refractivity contribution in [1.82, 2.24) is 20.9 Å². The number of amides is 3. The van der Waals surface area contributed by atoms with Crippen molar-refractivity contribution < 1.29 is 14.4 Å². The molecule has 3 amide bonds. The molecule has 0 spiro atoms. The van der Waals surface area contributed by atoms with E-state index in [-0.39, 0.29) is 24.1 Å². The SMILES string of the molecule is CC(NCc1ccc2c(c1)CN(C1CCC(=O)NC1=O)C2=O)C1CCCN1. The fourth-order valence-corrected chi connectivity index (χ4v) is 4.30. The van der Waals surface area contributed by atoms with Gasteiger partial charge in [0.05, 0.1) is 0 Å². The summed E-state index contributed by atoms with van der Waals surface area (Å²) in [6.07, 6.45) is 3.10. The van der Waals surface area contributed by atoms with E-state index in [9.17, 15) is 14.4 Å². The maximum atomic E-state index is 12.7. The second kappa shape index (κ2) is 7.40. The second-order valence-corrected chi connectivity index (χ2v) is 7.76. The summed E-state index contributed by atoms with van der Waals surface area (Å²) in [6.45, 7) is 4.46. The van der Waals surface area contributed by atoms with Crippen LogP contribution in [0.2, 0.25) is 0 Å². The number of hydrogen-bond donors (Lipinski definition) is 3. The van der Waals surface area contributed by atoms with Gasteiger partial charge in [-0.15, -0.1) is 0 Å². The van der Waals surface area contributed by atoms with Crippen molar-refractivity contribution in [2.24, 2.45) is 0 Å². The molecule has 27 heavy (non-hydrogen) atoms. The van der Waals surface area contributed by atoms with Gasteiger partial charge in [0.25, 0.3) is 5.91 Å². The lowest BCUT2D eigenvalue weighted by molar-refractivity contribution is -0.136. The quantitative estimate of drug-likeness (QED) is 0.663. The van der Waals surface area contributed by atoms with Crippen molar-refractivity contribution in [3.63, 3.8) is 0 Å². The lowest BCUT2D eigenvalue weighted by Crippen LogP contribution is -2.52. The molecule has 3 heterocycles. The number of rotatable bonds is 5. The molecule has 3 aliphatic rings. The van der Waals surface area contributed by atoms with Crippen LogP contribution < -0.4 is 16.0 Å². The molecule has 0 bridgehead atoms. The van der Waals surface area contributed by atoms with E-state index in [0.29, 0.717) is 30.6 Å². The molecule has 0 aromatic heterocycles. The van der Waals surface area contributed by atoms with Gasteiger partial charge in [0.1, 0.15) is 6.04 Å². The largest absolute Gasteiger partial charge is 0.322 e. The maximum Gasteiger partial charge on any atom is 0.255 e. The Morgan fingerprint density at radius 1 is 1.26 bits per heavy atom. The molecule has 0 saturated carbocycles. The van der Waals surface area contributed by atoms with Gasteiger partial charge in [0, 0.05) is 37.2 Å². The van der Waals surface area contributed by atoms with Gasteiger partial charge < -0.3 is 15.5 Å². The summed E-state index contributed by atoms with van der Waals surface area (Å²) in [7, 11) is 0. The monoisotopic (exact) mass is 370 g/mol. The van der Waals surface area contributed by atoms with E-state index in [4.69, 9.17) is 0 Å². The van der Waals surface area contributed by atoms with Gasteiger partial charge in [-0.25, -0.2) is 0 Å². The molecule has 0 aliphatic carbocycles. The third kappa shape index (κ3) is 3.61. The molecule has 2 fully saturated rings. The molecule has 2 saturated heterocycles. The fraction of sp³-hybridized carbons (Fsp3) is 0.550. The van der Waals surface area contributed by atoms with E-state index in [0.717, 1.165) is 24.2 Å². The Morgan fingerprint density at radius 3 is 2.85 bits per heavy atom. The maximum absolute atomic E-state index is 12.7. The Morgan fingerprint density at radius 2 is 2.11 bits per heavy atom. The zero-order valence-corrected chi connectivity index (χ0v) is 15.6. The van der Waals surface area contributed by atoms with Crippen LogP contribution in [0.3, 0.4) is 0 Å². The number of carbonyl (C=O) groups excluding carboxylic acids is 3. The molecule has 3 N–H and O–H groups in total. The molecular formula is C20H26N4O3. The highest BCUT2D eigenvalue weighted by atomic mass is 16.2. The van der Waals surface area contributed by atoms with Gasteiger partial charge >= 0.3 is 0 Å². The minimum Gasteiger partial charge on any atom is -0.322 e. The molecule has 0 radical (unpaired) electrons. The summed E-state index contributed by atoms with van der Waals surface area (Å²) < 4.78 is 0. The van der Waals surface area contributed by atoms with Crippen molar-refractivity contribution in [1.29, 1.82) is 0 Å². The van der Waals surface area contributed by atoms with Crippen molar-refractivity contribution in [3.8, 4) is 0 Å². The zero-order chi connectivity index (χ0) is 19.0. The van der Waals surface area contributed by atoms with E-state index in [1.807, 2.05) is 12.1 Å². The number of benzene rings is 1. The first kappa shape index (κ1) is 18.1. The third-order valence-corrected chi connectivity index (χ3v) is 5.92. The molecule has 144 valence electrons. The summed E-state index contributed by atoms with van der Waals surface area (Å²) in [5.74, 6) is -0.755. The number of imide groups is 1. The number of nitrogens with one attached hydrogen (secondary N) is 3. The van der Waals surface area contributed by atoms with Crippen molar-refractivity contribution in [2.75, 3.05) is 6.54 Å². The summed E-state index contributed by atoms with van der Waals surface area (Å²) in [5.41, 5.74) is 2.75. The van der Waals surface area contributed by atoms with Crippen LogP contribution in [0.5, 0.6) is 0 Å². The summed E-state index contributed by atoms with van der Waals surface area (Å²) >= 11 is 0. The standard InChI is InChI=1S/C20H26N4O3/c1-12(16-3-2-8-21-16)22-10-13-4-5-15-14(9-13)11-24(20(15)27)17-6-7-18(25)23-19(17)26/h4-5,9,12,16-17,21-22H,2-3,6-8,10-11H2,1H3,(H,23,25,26). The number of hydrogen-bond acceptors (Lipinski definition) is 5. The average Bonchev–Trinajstić information content (AvgIpc) is 3.29. The Labute approximate surface area is 158 Å². The molecule has 1 aromatic rings. The van der Waals surface area contributed by atoms with Crippen LogP contribution in [0.1, 0.15) is 54.1 Å². The predicted octanol–water partition coefficient (Wildman–Crippen LogP) is 0.678. The Balaban J connectivity index is 1.41. The van der Waals surface area contributed by atoms with E-state index in [1.165, 1.54) is 12.8 Å². The predicted molar refractivity (Wildman–Crippen MR) is 99.8 cm³/mol. The van der Waals surface area contributed by atoms with Crippen molar-refractivity contribution in [2.45, 2.75) is 63.8 Å². The Hall–Kier alpha value is -2.25. The fourth-order valence-electron chi connectivity index (χ4n) is 4.30. The Bertz CT molecular complexity index is 772. The first-order chi connectivity index (χ1) is 13.0. The molecular weight excluding hydrogens is 344 g/mol. The first-order valence-corrected chi connectivity index (χ1v) is 9.76. The van der Waals surface area contributed by atoms with Gasteiger partial charge in [-0.1, -0.05) is 12.1 Å². The van der Waals surface area contributed by atoms with Crippen LogP contribution in [0, 0.1) is 0 Å². The van der Waals surface area contributed by atoms with Gasteiger partial charge in [0.2, 0.25) is 11.8 Å². The van der Waals surface area contributed by atoms with Crippen LogP contribution in [0.25, 0.3) is 0 Å². The van der Waals surface area contributed by atoms with Crippen LogP contribution in [0.4, 0.5) is 0 Å². The van der Waals surface area contributed by atoms with Gasteiger partial charge in [-0.3, -0.25) is 19.7 Å². The van der Waals surface area contributed by atoms with Gasteiger partial charge in [0.15, 0.2) is 0 Å². The summed E-state index contributed by atoms with van der Waals surface area (Å²) in [5, 5.41) is 9.42. The van der Waals surface area contributed by atoms with E-state index in [1.54, 1.807) is 4.90 Å². The molecule has 4 rings (SSSR count). The zero-order valence-electron chi connectivity index (χ0n) is 15.6. The Kier molecular flexibility index (Phi) is 4.97. The lowest BCUT2D eigenvalue weighted by Gasteiger charge is -2.29. The highest BCUT2D eigenvalue weighted by Crippen LogP contribution is 2.28. The molecule has 7 nitrogen and oxygen atoms in total. The van der Waals surface area contributed by atoms with Crippen molar-refractivity contribution >= 4 is 17.7 Å². The topological polar surface area (TPSA) is 90.5 Å². The van der Waals surface area contributed by atoms with E-state index < -0.39 is 6.04 Å². The van der Waals surface area contributed by atoms with Crippen LogP contribution in [0.15, 0.2) is 18.2 Å². The summed E-state index contributed by atoms with van der Waals surface area (Å²) in [4.78, 5) is 37.8. The van der Waals surface area contributed by atoms with Crippen molar-refractivity contribution in [3.05, 3.63) is 34.9 Å². The van der Waals surface area contributed by atoms with E-state index >= 15 is 0 Å². The molecule has 7 heteroatoms. The van der Waals surface area contributed by atoms with Crippen LogP contribution in [-0.4, -0.2) is 47.3 Å². The van der Waals surface area contributed by atoms with Gasteiger partial charge in [-0.2, -0.15) is 0 Å². The third-order valence-electron chi connectivity index (χ3n) is 5.92. The number of nitrogens with zero attached hydrogens (tertiary/aromatic N) is 1. The lowest BCUT2D eigenvalue weighted by atomic mass is 10.0. The average molecular weight is 370 g/mol. The number of fused-ring (bicyclic) bond motifs is 1. The molecule has 3 unspecified atom stereocenters. The summed E-state index contributed by atoms with van der Waals surface area (Å²) in [6, 6.07) is 6.25. The number of piperidine rings is 1. The van der Waals surface area contributed by atoms with Gasteiger partial charge in [-0.05, 0) is 49.9 Å². The molecule has 3 aliphatic heterocycles. The highest BCUT2D eigenvalue weighted by Gasteiger charge is 2.39. The highest BCUT2D eigenvalue weighted by molar-refractivity contribution is 6.05. The molecule has 3 atom stereocenters. The smallest absolute Gasteiger partial charge is 0.255 e. The minimum atomic E-state index is -0.558. The minimum absolute atomic E-state index is 0.123.